The Bertz CT molecular complexity index is 704. The van der Waals surface area contributed by atoms with E-state index in [9.17, 15) is 9.59 Å². The lowest BCUT2D eigenvalue weighted by atomic mass is 10.1. The lowest BCUT2D eigenvalue weighted by Crippen LogP contribution is -2.50. The number of hydrogen-bond donors (Lipinski definition) is 1. The first-order chi connectivity index (χ1) is 12.2. The van der Waals surface area contributed by atoms with Gasteiger partial charge in [-0.15, -0.1) is 0 Å². The van der Waals surface area contributed by atoms with E-state index in [4.69, 9.17) is 0 Å². The van der Waals surface area contributed by atoms with Crippen LogP contribution in [0.15, 0.2) is 42.7 Å². The van der Waals surface area contributed by atoms with Crippen molar-refractivity contribution in [2.75, 3.05) is 39.8 Å². The Morgan fingerprint density at radius 3 is 2.44 bits per heavy atom. The molecular weight excluding hydrogens is 318 g/mol. The van der Waals surface area contributed by atoms with Crippen LogP contribution in [0.5, 0.6) is 0 Å². The molecule has 3 rings (SSSR count). The molecule has 1 fully saturated rings. The van der Waals surface area contributed by atoms with Crippen molar-refractivity contribution in [3.05, 3.63) is 53.9 Å². The van der Waals surface area contributed by atoms with E-state index in [1.807, 2.05) is 46.1 Å². The molecule has 2 amide bonds. The van der Waals surface area contributed by atoms with E-state index in [0.29, 0.717) is 31.7 Å². The molecule has 25 heavy (non-hydrogen) atoms. The molecule has 0 bridgehead atoms. The van der Waals surface area contributed by atoms with E-state index in [0.717, 1.165) is 18.7 Å². The van der Waals surface area contributed by atoms with E-state index in [1.54, 1.807) is 13.2 Å². The number of piperazine rings is 1. The summed E-state index contributed by atoms with van der Waals surface area (Å²) < 4.78 is 1.85. The third-order valence-electron chi connectivity index (χ3n) is 4.41. The van der Waals surface area contributed by atoms with Crippen LogP contribution in [0.4, 0.5) is 0 Å². The Morgan fingerprint density at radius 2 is 1.84 bits per heavy atom. The Hall–Kier alpha value is -2.67. The number of nitrogens with zero attached hydrogens (tertiary/aromatic N) is 4. The first kappa shape index (κ1) is 17.2. The average Bonchev–Trinajstić information content (AvgIpc) is 3.15. The largest absolute Gasteiger partial charge is 0.358 e. The molecule has 0 radical (unpaired) electrons. The minimum atomic E-state index is 0.00699. The molecule has 1 aliphatic heterocycles. The number of likely N-dealkylation sites (N-methyl/N-ethyl adjacent to an activating group) is 1. The van der Waals surface area contributed by atoms with Crippen LogP contribution in [0.3, 0.4) is 0 Å². The van der Waals surface area contributed by atoms with E-state index >= 15 is 0 Å². The fourth-order valence-electron chi connectivity index (χ4n) is 2.91. The van der Waals surface area contributed by atoms with Gasteiger partial charge in [0.1, 0.15) is 0 Å². The molecule has 0 aliphatic carbocycles. The molecule has 7 nitrogen and oxygen atoms in total. The van der Waals surface area contributed by atoms with Crippen molar-refractivity contribution in [3.63, 3.8) is 0 Å². The molecule has 1 aliphatic rings. The zero-order valence-corrected chi connectivity index (χ0v) is 14.4. The van der Waals surface area contributed by atoms with Gasteiger partial charge in [-0.3, -0.25) is 19.2 Å². The number of rotatable bonds is 5. The van der Waals surface area contributed by atoms with Gasteiger partial charge in [-0.25, -0.2) is 0 Å². The predicted octanol–water partition coefficient (Wildman–Crippen LogP) is 0.435. The number of amides is 2. The molecule has 0 saturated carbocycles. The molecule has 0 atom stereocenters. The number of aromatic nitrogens is 2. The Morgan fingerprint density at radius 1 is 1.12 bits per heavy atom. The number of hydrogen-bond acceptors (Lipinski definition) is 4. The summed E-state index contributed by atoms with van der Waals surface area (Å²) in [5.41, 5.74) is 1.81. The van der Waals surface area contributed by atoms with Crippen LogP contribution in [-0.4, -0.2) is 71.2 Å². The number of benzene rings is 1. The Labute approximate surface area is 147 Å². The molecule has 1 saturated heterocycles. The van der Waals surface area contributed by atoms with Crippen LogP contribution in [0.1, 0.15) is 15.9 Å². The fourth-order valence-corrected chi connectivity index (χ4v) is 2.91. The molecule has 0 spiro atoms. The van der Waals surface area contributed by atoms with Gasteiger partial charge in [-0.05, 0) is 23.8 Å². The van der Waals surface area contributed by atoms with Crippen LogP contribution in [0.25, 0.3) is 0 Å². The smallest absolute Gasteiger partial charge is 0.253 e. The van der Waals surface area contributed by atoms with Crippen molar-refractivity contribution in [1.82, 2.24) is 24.9 Å². The van der Waals surface area contributed by atoms with Gasteiger partial charge in [0, 0.05) is 51.2 Å². The highest BCUT2D eigenvalue weighted by Crippen LogP contribution is 2.11. The fraction of sp³-hybridized carbons (Fsp3) is 0.389. The SMILES string of the molecule is CNC(=O)CN1CCN(C(=O)c2ccc(Cn3cccn3)cc2)CC1. The first-order valence-electron chi connectivity index (χ1n) is 8.44. The Kier molecular flexibility index (Phi) is 5.45. The van der Waals surface area contributed by atoms with Gasteiger partial charge in [0.2, 0.25) is 5.91 Å². The summed E-state index contributed by atoms with van der Waals surface area (Å²) in [7, 11) is 1.64. The zero-order valence-electron chi connectivity index (χ0n) is 14.4. The summed E-state index contributed by atoms with van der Waals surface area (Å²) in [6, 6.07) is 9.57. The maximum atomic E-state index is 12.6. The van der Waals surface area contributed by atoms with Gasteiger partial charge in [0.25, 0.3) is 5.91 Å². The van der Waals surface area contributed by atoms with Crippen LogP contribution in [0, 0.1) is 0 Å². The van der Waals surface area contributed by atoms with Gasteiger partial charge in [0.15, 0.2) is 0 Å². The minimum Gasteiger partial charge on any atom is -0.358 e. The van der Waals surface area contributed by atoms with Crippen LogP contribution < -0.4 is 5.32 Å². The maximum Gasteiger partial charge on any atom is 0.253 e. The van der Waals surface area contributed by atoms with Gasteiger partial charge >= 0.3 is 0 Å². The van der Waals surface area contributed by atoms with E-state index < -0.39 is 0 Å². The third kappa shape index (κ3) is 4.45. The molecule has 1 aromatic heterocycles. The first-order valence-corrected chi connectivity index (χ1v) is 8.44. The zero-order chi connectivity index (χ0) is 17.6. The molecule has 1 N–H and O–H groups in total. The molecule has 1 aromatic carbocycles. The molecular formula is C18H23N5O2. The number of carbonyl (C=O) groups excluding carboxylic acids is 2. The summed E-state index contributed by atoms with van der Waals surface area (Å²) in [5, 5.41) is 6.81. The lowest BCUT2D eigenvalue weighted by Gasteiger charge is -2.34. The van der Waals surface area contributed by atoms with Crippen molar-refractivity contribution in [1.29, 1.82) is 0 Å². The highest BCUT2D eigenvalue weighted by atomic mass is 16.2. The predicted molar refractivity (Wildman–Crippen MR) is 94.2 cm³/mol. The number of carbonyl (C=O) groups is 2. The third-order valence-corrected chi connectivity index (χ3v) is 4.41. The summed E-state index contributed by atoms with van der Waals surface area (Å²) >= 11 is 0. The second kappa shape index (κ2) is 7.94. The van der Waals surface area contributed by atoms with Crippen LogP contribution in [0.2, 0.25) is 0 Å². The molecule has 0 unspecified atom stereocenters. The van der Waals surface area contributed by atoms with Crippen molar-refractivity contribution in [2.24, 2.45) is 0 Å². The molecule has 2 aromatic rings. The number of nitrogens with one attached hydrogen (secondary N) is 1. The van der Waals surface area contributed by atoms with Crippen molar-refractivity contribution >= 4 is 11.8 Å². The lowest BCUT2D eigenvalue weighted by molar-refractivity contribution is -0.122. The van der Waals surface area contributed by atoms with Gasteiger partial charge in [-0.2, -0.15) is 5.10 Å². The summed E-state index contributed by atoms with van der Waals surface area (Å²) in [6.07, 6.45) is 3.67. The topological polar surface area (TPSA) is 70.5 Å². The molecule has 132 valence electrons. The minimum absolute atomic E-state index is 0.00699. The van der Waals surface area contributed by atoms with Crippen molar-refractivity contribution in [3.8, 4) is 0 Å². The van der Waals surface area contributed by atoms with Crippen LogP contribution >= 0.6 is 0 Å². The van der Waals surface area contributed by atoms with Crippen molar-refractivity contribution < 1.29 is 9.59 Å². The standard InChI is InChI=1S/C18H23N5O2/c1-19-17(24)14-21-9-11-22(12-10-21)18(25)16-5-3-15(4-6-16)13-23-8-2-7-20-23/h2-8H,9-14H2,1H3,(H,19,24). The highest BCUT2D eigenvalue weighted by Gasteiger charge is 2.23. The van der Waals surface area contributed by atoms with E-state index in [1.165, 1.54) is 0 Å². The van der Waals surface area contributed by atoms with E-state index in [-0.39, 0.29) is 11.8 Å². The Balaban J connectivity index is 1.54. The monoisotopic (exact) mass is 341 g/mol. The second-order valence-electron chi connectivity index (χ2n) is 6.14. The van der Waals surface area contributed by atoms with Gasteiger partial charge < -0.3 is 10.2 Å². The van der Waals surface area contributed by atoms with Gasteiger partial charge in [0.05, 0.1) is 13.1 Å². The average molecular weight is 341 g/mol. The molecule has 2 heterocycles. The quantitative estimate of drug-likeness (QED) is 0.856. The van der Waals surface area contributed by atoms with Crippen molar-refractivity contribution in [2.45, 2.75) is 6.54 Å². The normalized spacial score (nSPS) is 15.2. The van der Waals surface area contributed by atoms with Crippen LogP contribution in [-0.2, 0) is 11.3 Å². The molecule has 7 heteroatoms. The summed E-state index contributed by atoms with van der Waals surface area (Å²) in [5.74, 6) is 0.0535. The second-order valence-corrected chi connectivity index (χ2v) is 6.14. The van der Waals surface area contributed by atoms with Gasteiger partial charge in [-0.1, -0.05) is 12.1 Å². The maximum absolute atomic E-state index is 12.6. The summed E-state index contributed by atoms with van der Waals surface area (Å²) in [6.45, 7) is 3.81. The highest BCUT2D eigenvalue weighted by molar-refractivity contribution is 5.94. The summed E-state index contributed by atoms with van der Waals surface area (Å²) in [4.78, 5) is 28.0. The van der Waals surface area contributed by atoms with E-state index in [2.05, 4.69) is 15.3 Å².